The summed E-state index contributed by atoms with van der Waals surface area (Å²) in [5.41, 5.74) is 9.10. The Morgan fingerprint density at radius 1 is 1.22 bits per heavy atom. The van der Waals surface area contributed by atoms with E-state index in [1.807, 2.05) is 30.3 Å². The molecule has 0 saturated carbocycles. The van der Waals surface area contributed by atoms with Crippen LogP contribution in [0.15, 0.2) is 47.1 Å². The summed E-state index contributed by atoms with van der Waals surface area (Å²) in [6.45, 7) is 1.14. The molecule has 138 valence electrons. The molecule has 3 N–H and O–H groups in total. The zero-order chi connectivity index (χ0) is 18.8. The SMILES string of the molecule is COCCNC(=O)c1c(N)n(Cc2ccco2)c2nc3ccccc3nc12. The summed E-state index contributed by atoms with van der Waals surface area (Å²) in [4.78, 5) is 22.1. The molecule has 0 saturated heterocycles. The monoisotopic (exact) mass is 365 g/mol. The summed E-state index contributed by atoms with van der Waals surface area (Å²) in [6.07, 6.45) is 1.59. The summed E-state index contributed by atoms with van der Waals surface area (Å²) in [7, 11) is 1.58. The molecular weight excluding hydrogens is 346 g/mol. The van der Waals surface area contributed by atoms with Crippen molar-refractivity contribution in [1.29, 1.82) is 0 Å². The molecule has 0 atom stereocenters. The highest BCUT2D eigenvalue weighted by molar-refractivity contribution is 6.10. The second kappa shape index (κ2) is 7.08. The number of nitrogens with one attached hydrogen (secondary N) is 1. The molecule has 0 spiro atoms. The molecule has 1 aromatic carbocycles. The predicted octanol–water partition coefficient (Wildman–Crippen LogP) is 2.18. The number of ether oxygens (including phenoxy) is 1. The number of benzene rings is 1. The van der Waals surface area contributed by atoms with Crippen molar-refractivity contribution in [3.05, 3.63) is 54.0 Å². The molecule has 8 heteroatoms. The van der Waals surface area contributed by atoms with E-state index in [0.717, 1.165) is 5.52 Å². The number of aromatic nitrogens is 3. The topological polar surface area (TPSA) is 108 Å². The highest BCUT2D eigenvalue weighted by Gasteiger charge is 2.24. The second-order valence-electron chi connectivity index (χ2n) is 6.06. The maximum atomic E-state index is 12.8. The number of methoxy groups -OCH3 is 1. The van der Waals surface area contributed by atoms with E-state index in [4.69, 9.17) is 19.9 Å². The van der Waals surface area contributed by atoms with Crippen LogP contribution in [0.1, 0.15) is 16.1 Å². The molecule has 1 amide bonds. The first-order valence-corrected chi connectivity index (χ1v) is 8.53. The number of hydrogen-bond acceptors (Lipinski definition) is 6. The van der Waals surface area contributed by atoms with Gasteiger partial charge >= 0.3 is 0 Å². The van der Waals surface area contributed by atoms with Crippen LogP contribution in [-0.2, 0) is 11.3 Å². The van der Waals surface area contributed by atoms with Crippen molar-refractivity contribution in [3.8, 4) is 0 Å². The minimum atomic E-state index is -0.308. The number of para-hydroxylation sites is 2. The van der Waals surface area contributed by atoms with Crippen LogP contribution in [0, 0.1) is 0 Å². The third kappa shape index (κ3) is 3.11. The molecule has 0 aliphatic carbocycles. The van der Waals surface area contributed by atoms with Crippen molar-refractivity contribution in [3.63, 3.8) is 0 Å². The van der Waals surface area contributed by atoms with Gasteiger partial charge in [-0.15, -0.1) is 0 Å². The van der Waals surface area contributed by atoms with Gasteiger partial charge < -0.3 is 24.8 Å². The molecule has 4 rings (SSSR count). The van der Waals surface area contributed by atoms with E-state index < -0.39 is 0 Å². The fourth-order valence-electron chi connectivity index (χ4n) is 3.01. The number of nitrogens with zero attached hydrogens (tertiary/aromatic N) is 3. The number of fused-ring (bicyclic) bond motifs is 2. The Morgan fingerprint density at radius 3 is 2.70 bits per heavy atom. The maximum absolute atomic E-state index is 12.8. The van der Waals surface area contributed by atoms with Gasteiger partial charge in [-0.05, 0) is 24.3 Å². The summed E-state index contributed by atoms with van der Waals surface area (Å²) >= 11 is 0. The minimum Gasteiger partial charge on any atom is -0.467 e. The largest absolute Gasteiger partial charge is 0.467 e. The Bertz CT molecular complexity index is 1100. The number of hydrogen-bond donors (Lipinski definition) is 2. The quantitative estimate of drug-likeness (QED) is 0.507. The van der Waals surface area contributed by atoms with Gasteiger partial charge in [0.05, 0.1) is 30.4 Å². The molecule has 4 aromatic rings. The Hall–Kier alpha value is -3.39. The van der Waals surface area contributed by atoms with E-state index in [2.05, 4.69) is 10.3 Å². The van der Waals surface area contributed by atoms with Crippen molar-refractivity contribution in [1.82, 2.24) is 19.9 Å². The van der Waals surface area contributed by atoms with Crippen molar-refractivity contribution < 1.29 is 13.9 Å². The summed E-state index contributed by atoms with van der Waals surface area (Å²) in [5.74, 6) is 0.698. The fraction of sp³-hybridized carbons (Fsp3) is 0.211. The predicted molar refractivity (Wildman–Crippen MR) is 101 cm³/mol. The van der Waals surface area contributed by atoms with Gasteiger partial charge in [-0.1, -0.05) is 12.1 Å². The molecule has 0 bridgehead atoms. The van der Waals surface area contributed by atoms with Crippen molar-refractivity contribution >= 4 is 33.9 Å². The van der Waals surface area contributed by atoms with Crippen molar-refractivity contribution in [2.45, 2.75) is 6.54 Å². The Kier molecular flexibility index (Phi) is 4.47. The maximum Gasteiger partial charge on any atom is 0.257 e. The van der Waals surface area contributed by atoms with Gasteiger partial charge in [-0.2, -0.15) is 0 Å². The normalized spacial score (nSPS) is 11.3. The van der Waals surface area contributed by atoms with Gasteiger partial charge in [0.1, 0.15) is 22.7 Å². The molecule has 0 aliphatic heterocycles. The number of nitrogens with two attached hydrogens (primary N) is 1. The van der Waals surface area contributed by atoms with Crippen LogP contribution in [0.5, 0.6) is 0 Å². The van der Waals surface area contributed by atoms with Gasteiger partial charge in [0.25, 0.3) is 5.91 Å². The van der Waals surface area contributed by atoms with E-state index in [-0.39, 0.29) is 5.91 Å². The third-order valence-electron chi connectivity index (χ3n) is 4.30. The Morgan fingerprint density at radius 2 is 2.00 bits per heavy atom. The van der Waals surface area contributed by atoms with Crippen LogP contribution < -0.4 is 11.1 Å². The number of carbonyl (C=O) groups excluding carboxylic acids is 1. The highest BCUT2D eigenvalue weighted by Crippen LogP contribution is 2.28. The standard InChI is InChI=1S/C19H19N5O3/c1-26-10-8-21-19(25)15-16-18(23-14-7-3-2-6-13(14)22-16)24(17(15)20)11-12-5-4-9-27-12/h2-7,9H,8,10-11,20H2,1H3,(H,21,25). The minimum absolute atomic E-state index is 0.298. The molecule has 0 radical (unpaired) electrons. The molecule has 0 unspecified atom stereocenters. The summed E-state index contributed by atoms with van der Waals surface area (Å²) in [5, 5.41) is 2.80. The highest BCUT2D eigenvalue weighted by atomic mass is 16.5. The third-order valence-corrected chi connectivity index (χ3v) is 4.30. The van der Waals surface area contributed by atoms with E-state index >= 15 is 0 Å². The number of nitrogen functional groups attached to an aromatic ring is 1. The van der Waals surface area contributed by atoms with Gasteiger partial charge in [0.2, 0.25) is 0 Å². The number of rotatable bonds is 6. The lowest BCUT2D eigenvalue weighted by molar-refractivity contribution is 0.0939. The first-order valence-electron chi connectivity index (χ1n) is 8.53. The Balaban J connectivity index is 1.88. The average molecular weight is 365 g/mol. The van der Waals surface area contributed by atoms with Crippen molar-refractivity contribution in [2.24, 2.45) is 0 Å². The number of furan rings is 1. The fourth-order valence-corrected chi connectivity index (χ4v) is 3.01. The van der Waals surface area contributed by atoms with E-state index in [1.54, 1.807) is 24.0 Å². The van der Waals surface area contributed by atoms with E-state index in [1.165, 1.54) is 0 Å². The second-order valence-corrected chi connectivity index (χ2v) is 6.06. The Labute approximate surface area is 154 Å². The van der Waals surface area contributed by atoms with Crippen LogP contribution >= 0.6 is 0 Å². The molecule has 3 heterocycles. The van der Waals surface area contributed by atoms with Gasteiger partial charge in [-0.25, -0.2) is 9.97 Å². The van der Waals surface area contributed by atoms with E-state index in [0.29, 0.717) is 53.5 Å². The van der Waals surface area contributed by atoms with Gasteiger partial charge in [-0.3, -0.25) is 4.79 Å². The van der Waals surface area contributed by atoms with Crippen LogP contribution in [0.3, 0.4) is 0 Å². The zero-order valence-corrected chi connectivity index (χ0v) is 14.8. The van der Waals surface area contributed by atoms with Crippen LogP contribution in [0.2, 0.25) is 0 Å². The van der Waals surface area contributed by atoms with Crippen LogP contribution in [0.4, 0.5) is 5.82 Å². The lowest BCUT2D eigenvalue weighted by atomic mass is 10.2. The molecular formula is C19H19N5O3. The zero-order valence-electron chi connectivity index (χ0n) is 14.8. The van der Waals surface area contributed by atoms with Gasteiger partial charge in [0.15, 0.2) is 5.65 Å². The number of amides is 1. The average Bonchev–Trinajstić information content (AvgIpc) is 3.27. The molecule has 0 fully saturated rings. The molecule has 8 nitrogen and oxygen atoms in total. The summed E-state index contributed by atoms with van der Waals surface area (Å²) in [6, 6.07) is 11.2. The molecule has 3 aromatic heterocycles. The van der Waals surface area contributed by atoms with Crippen LogP contribution in [0.25, 0.3) is 22.2 Å². The first-order chi connectivity index (χ1) is 13.2. The van der Waals surface area contributed by atoms with E-state index in [9.17, 15) is 4.79 Å². The number of carbonyl (C=O) groups is 1. The summed E-state index contributed by atoms with van der Waals surface area (Å²) < 4.78 is 12.2. The van der Waals surface area contributed by atoms with Gasteiger partial charge in [0, 0.05) is 13.7 Å². The number of anilines is 1. The van der Waals surface area contributed by atoms with Crippen LogP contribution in [-0.4, -0.2) is 40.7 Å². The molecule has 27 heavy (non-hydrogen) atoms. The lowest BCUT2D eigenvalue weighted by Crippen LogP contribution is -2.27. The smallest absolute Gasteiger partial charge is 0.257 e. The first kappa shape index (κ1) is 17.0. The van der Waals surface area contributed by atoms with Crippen molar-refractivity contribution in [2.75, 3.05) is 26.0 Å². The molecule has 0 aliphatic rings. The lowest BCUT2D eigenvalue weighted by Gasteiger charge is -2.06.